The second-order valence-electron chi connectivity index (χ2n) is 9.77. The first kappa shape index (κ1) is 24.6. The number of anilines is 2. The molecule has 2 aromatic rings. The van der Waals surface area contributed by atoms with E-state index in [0.29, 0.717) is 24.1 Å². The van der Waals surface area contributed by atoms with Crippen LogP contribution in [0.15, 0.2) is 24.4 Å². The molecule has 0 saturated carbocycles. The average Bonchev–Trinajstić information content (AvgIpc) is 3.18. The molecule has 0 spiro atoms. The molecule has 3 atom stereocenters. The zero-order chi connectivity index (χ0) is 24.8. The van der Waals surface area contributed by atoms with Gasteiger partial charge in [0.1, 0.15) is 18.5 Å². The summed E-state index contributed by atoms with van der Waals surface area (Å²) < 4.78 is 37.1. The fourth-order valence-electron chi connectivity index (χ4n) is 5.01. The number of hydrogen-bond acceptors (Lipinski definition) is 7. The molecule has 0 bridgehead atoms. The minimum absolute atomic E-state index is 0.0413. The number of piperazine rings is 1. The Morgan fingerprint density at radius 1 is 1.20 bits per heavy atom. The number of rotatable bonds is 4. The molecule has 8 nitrogen and oxygen atoms in total. The van der Waals surface area contributed by atoms with Crippen molar-refractivity contribution in [2.45, 2.75) is 43.4 Å². The maximum Gasteiger partial charge on any atom is 0.271 e. The molecule has 5 rings (SSSR count). The highest BCUT2D eigenvalue weighted by atomic mass is 35.5. The lowest BCUT2D eigenvalue weighted by Gasteiger charge is -2.45. The quantitative estimate of drug-likeness (QED) is 0.654. The number of amides is 1. The van der Waals surface area contributed by atoms with Crippen LogP contribution in [0.5, 0.6) is 0 Å². The lowest BCUT2D eigenvalue weighted by molar-refractivity contribution is -0.158. The second kappa shape index (κ2) is 9.40. The van der Waals surface area contributed by atoms with E-state index < -0.39 is 30.6 Å². The third kappa shape index (κ3) is 4.95. The van der Waals surface area contributed by atoms with E-state index in [0.717, 1.165) is 42.6 Å². The minimum atomic E-state index is -2.89. The Morgan fingerprint density at radius 2 is 1.97 bits per heavy atom. The number of hydrogen-bond donors (Lipinski definition) is 2. The highest BCUT2D eigenvalue weighted by molar-refractivity contribution is 6.34. The largest absolute Gasteiger partial charge is 0.389 e. The van der Waals surface area contributed by atoms with Crippen molar-refractivity contribution in [1.82, 2.24) is 9.88 Å². The van der Waals surface area contributed by atoms with Crippen LogP contribution in [0.1, 0.15) is 19.8 Å². The number of carbonyl (C=O) groups is 1. The van der Waals surface area contributed by atoms with E-state index in [1.807, 2.05) is 19.1 Å². The van der Waals surface area contributed by atoms with Crippen LogP contribution >= 0.6 is 11.6 Å². The van der Waals surface area contributed by atoms with Gasteiger partial charge in [0.25, 0.3) is 11.8 Å². The van der Waals surface area contributed by atoms with Gasteiger partial charge in [0, 0.05) is 44.2 Å². The summed E-state index contributed by atoms with van der Waals surface area (Å²) in [4.78, 5) is 21.2. The molecule has 190 valence electrons. The Hall–Kier alpha value is -2.11. The molecule has 1 aromatic heterocycles. The molecule has 0 aliphatic carbocycles. The van der Waals surface area contributed by atoms with Gasteiger partial charge in [-0.3, -0.25) is 9.69 Å². The predicted molar refractivity (Wildman–Crippen MR) is 128 cm³/mol. The molecule has 1 amide bonds. The van der Waals surface area contributed by atoms with Crippen LogP contribution in [0.2, 0.25) is 5.02 Å². The fourth-order valence-corrected chi connectivity index (χ4v) is 5.30. The number of ether oxygens (including phenoxy) is 2. The smallest absolute Gasteiger partial charge is 0.271 e. The van der Waals surface area contributed by atoms with Crippen molar-refractivity contribution in [3.8, 4) is 0 Å². The molecule has 2 N–H and O–H groups in total. The van der Waals surface area contributed by atoms with E-state index in [1.165, 1.54) is 0 Å². The molecule has 0 radical (unpaired) electrons. The normalized spacial score (nSPS) is 29.5. The highest BCUT2D eigenvalue weighted by Crippen LogP contribution is 2.34. The topological polar surface area (TPSA) is 87.2 Å². The number of carbonyl (C=O) groups excluding carboxylic acids is 1. The molecule has 3 aliphatic heterocycles. The first-order valence-corrected chi connectivity index (χ1v) is 12.2. The molecule has 3 fully saturated rings. The van der Waals surface area contributed by atoms with Gasteiger partial charge in [0.2, 0.25) is 0 Å². The van der Waals surface area contributed by atoms with E-state index in [9.17, 15) is 18.7 Å². The number of nitrogens with one attached hydrogen (secondary N) is 1. The van der Waals surface area contributed by atoms with Gasteiger partial charge >= 0.3 is 0 Å². The van der Waals surface area contributed by atoms with Gasteiger partial charge in [0.15, 0.2) is 0 Å². The first-order valence-electron chi connectivity index (χ1n) is 11.8. The number of aliphatic hydroxyl groups excluding tert-OH is 1. The standard InChI is InChI=1S/C24H29ClF2N4O4/c1-23(13-34-12-20(23)32)31-6-4-30(5-7-31)18-9-15-10-21(28-11-16(15)8-17(18)25)29-22(33)19-2-3-24(26,27)14-35-19/h8-11,19-20,32H,2-7,12-14H2,1H3,(H,28,29,33)/t19?,20-,23+/m0/s1. The number of benzene rings is 1. The van der Waals surface area contributed by atoms with Crippen molar-refractivity contribution in [2.75, 3.05) is 56.2 Å². The van der Waals surface area contributed by atoms with E-state index in [-0.39, 0.29) is 18.4 Å². The van der Waals surface area contributed by atoms with Gasteiger partial charge in [-0.05, 0) is 36.9 Å². The van der Waals surface area contributed by atoms with Gasteiger partial charge in [-0.2, -0.15) is 0 Å². The lowest BCUT2D eigenvalue weighted by Crippen LogP contribution is -2.60. The van der Waals surface area contributed by atoms with Gasteiger partial charge in [0.05, 0.1) is 35.6 Å². The van der Waals surface area contributed by atoms with Crippen LogP contribution in [0.4, 0.5) is 20.3 Å². The summed E-state index contributed by atoms with van der Waals surface area (Å²) in [6.45, 7) is 5.18. The van der Waals surface area contributed by atoms with Crippen molar-refractivity contribution in [3.63, 3.8) is 0 Å². The van der Waals surface area contributed by atoms with Crippen LogP contribution in [-0.4, -0.2) is 90.6 Å². The third-order valence-electron chi connectivity index (χ3n) is 7.33. The summed E-state index contributed by atoms with van der Waals surface area (Å²) in [5.74, 6) is -3.05. The van der Waals surface area contributed by atoms with Crippen molar-refractivity contribution >= 4 is 39.8 Å². The maximum absolute atomic E-state index is 13.3. The van der Waals surface area contributed by atoms with Crippen molar-refractivity contribution in [3.05, 3.63) is 29.4 Å². The monoisotopic (exact) mass is 510 g/mol. The molecular weight excluding hydrogens is 482 g/mol. The molecule has 35 heavy (non-hydrogen) atoms. The van der Waals surface area contributed by atoms with Crippen LogP contribution in [0.25, 0.3) is 10.8 Å². The van der Waals surface area contributed by atoms with Crippen molar-refractivity contribution in [2.24, 2.45) is 0 Å². The second-order valence-corrected chi connectivity index (χ2v) is 10.2. The van der Waals surface area contributed by atoms with Gasteiger partial charge in [-0.25, -0.2) is 13.8 Å². The first-order chi connectivity index (χ1) is 16.6. The molecule has 1 unspecified atom stereocenters. The Morgan fingerprint density at radius 3 is 2.63 bits per heavy atom. The van der Waals surface area contributed by atoms with Crippen LogP contribution in [0, 0.1) is 0 Å². The third-order valence-corrected chi connectivity index (χ3v) is 7.63. The number of nitrogens with zero attached hydrogens (tertiary/aromatic N) is 3. The van der Waals surface area contributed by atoms with Gasteiger partial charge in [-0.1, -0.05) is 11.6 Å². The maximum atomic E-state index is 13.3. The summed E-state index contributed by atoms with van der Waals surface area (Å²) in [5.41, 5.74) is 0.504. The molecule has 11 heteroatoms. The number of halogens is 3. The Balaban J connectivity index is 1.28. The summed E-state index contributed by atoms with van der Waals surface area (Å²) in [5, 5.41) is 15.3. The predicted octanol–water partition coefficient (Wildman–Crippen LogP) is 2.91. The van der Waals surface area contributed by atoms with E-state index >= 15 is 0 Å². The highest BCUT2D eigenvalue weighted by Gasteiger charge is 2.44. The van der Waals surface area contributed by atoms with E-state index in [1.54, 1.807) is 12.3 Å². The van der Waals surface area contributed by atoms with E-state index in [4.69, 9.17) is 21.1 Å². The lowest BCUT2D eigenvalue weighted by atomic mass is 9.95. The number of aromatic nitrogens is 1. The van der Waals surface area contributed by atoms with Gasteiger partial charge in [-0.15, -0.1) is 0 Å². The number of fused-ring (bicyclic) bond motifs is 1. The number of pyridine rings is 1. The van der Waals surface area contributed by atoms with Crippen LogP contribution in [0.3, 0.4) is 0 Å². The SMILES string of the molecule is C[C@@]1(N2CCN(c3cc4cc(NC(=O)C5CCC(F)(F)CO5)ncc4cc3Cl)CC2)COC[C@@H]1O. The Labute approximate surface area is 207 Å². The molecular formula is C24H29ClF2N4O4. The molecule has 1 aromatic carbocycles. The molecule has 3 aliphatic rings. The van der Waals surface area contributed by atoms with Crippen molar-refractivity contribution < 1.29 is 28.2 Å². The Kier molecular flexibility index (Phi) is 6.60. The average molecular weight is 511 g/mol. The van der Waals surface area contributed by atoms with E-state index in [2.05, 4.69) is 20.1 Å². The molecule has 3 saturated heterocycles. The zero-order valence-corrected chi connectivity index (χ0v) is 20.2. The zero-order valence-electron chi connectivity index (χ0n) is 19.5. The Bertz CT molecular complexity index is 1100. The summed E-state index contributed by atoms with van der Waals surface area (Å²) in [6.07, 6.45) is -0.224. The summed E-state index contributed by atoms with van der Waals surface area (Å²) in [7, 11) is 0. The number of alkyl halides is 2. The summed E-state index contributed by atoms with van der Waals surface area (Å²) in [6, 6.07) is 5.56. The fraction of sp³-hybridized carbons (Fsp3) is 0.583. The van der Waals surface area contributed by atoms with Crippen LogP contribution < -0.4 is 10.2 Å². The molecule has 4 heterocycles. The van der Waals surface area contributed by atoms with Gasteiger partial charge < -0.3 is 24.8 Å². The number of aliphatic hydroxyl groups is 1. The minimum Gasteiger partial charge on any atom is -0.389 e. The van der Waals surface area contributed by atoms with Crippen LogP contribution in [-0.2, 0) is 14.3 Å². The summed E-state index contributed by atoms with van der Waals surface area (Å²) >= 11 is 6.61. The van der Waals surface area contributed by atoms with Crippen molar-refractivity contribution in [1.29, 1.82) is 0 Å².